The summed E-state index contributed by atoms with van der Waals surface area (Å²) in [4.78, 5) is 108. The first kappa shape index (κ1) is 40.7. The van der Waals surface area contributed by atoms with Gasteiger partial charge in [0, 0.05) is 19.6 Å². The van der Waals surface area contributed by atoms with Crippen LogP contribution in [0.5, 0.6) is 0 Å². The lowest BCUT2D eigenvalue weighted by atomic mass is 9.96. The second-order valence-corrected chi connectivity index (χ2v) is 14.1. The molecule has 4 rings (SSSR count). The number of hydrogen-bond donors (Lipinski definition) is 6. The number of primary amides is 1. The highest BCUT2D eigenvalue weighted by Crippen LogP contribution is 2.24. The van der Waals surface area contributed by atoms with Crippen molar-refractivity contribution >= 4 is 47.3 Å². The van der Waals surface area contributed by atoms with E-state index in [4.69, 9.17) is 11.5 Å². The van der Waals surface area contributed by atoms with Gasteiger partial charge in [0.25, 0.3) is 0 Å². The van der Waals surface area contributed by atoms with Crippen molar-refractivity contribution in [2.45, 2.75) is 108 Å². The molecule has 8 N–H and O–H groups in total. The third kappa shape index (κ3) is 10.3. The molecular formula is C36H52N8O9. The molecule has 1 aromatic rings. The molecule has 3 heterocycles. The zero-order valence-corrected chi connectivity index (χ0v) is 30.3. The zero-order chi connectivity index (χ0) is 38.8. The first-order valence-electron chi connectivity index (χ1n) is 18.3. The van der Waals surface area contributed by atoms with Crippen LogP contribution in [0.4, 0.5) is 0 Å². The predicted molar refractivity (Wildman–Crippen MR) is 190 cm³/mol. The normalized spacial score (nSPS) is 22.0. The number of nitrogens with zero attached hydrogens (tertiary/aromatic N) is 3. The second kappa shape index (κ2) is 18.6. The van der Waals surface area contributed by atoms with Gasteiger partial charge >= 0.3 is 5.97 Å². The van der Waals surface area contributed by atoms with Crippen LogP contribution in [0.15, 0.2) is 30.3 Å². The summed E-state index contributed by atoms with van der Waals surface area (Å²) in [6.07, 6.45) is 2.82. The van der Waals surface area contributed by atoms with Gasteiger partial charge < -0.3 is 47.2 Å². The molecule has 7 atom stereocenters. The van der Waals surface area contributed by atoms with Crippen molar-refractivity contribution in [2.24, 2.45) is 17.4 Å². The molecule has 17 nitrogen and oxygen atoms in total. The summed E-state index contributed by atoms with van der Waals surface area (Å²) in [6, 6.07) is 3.23. The van der Waals surface area contributed by atoms with Gasteiger partial charge in [-0.3, -0.25) is 33.6 Å². The number of nitrogens with two attached hydrogens (primary N) is 2. The minimum Gasteiger partial charge on any atom is -0.480 e. The van der Waals surface area contributed by atoms with Gasteiger partial charge in [0.05, 0.1) is 19.0 Å². The van der Waals surface area contributed by atoms with Crippen LogP contribution in [0, 0.1) is 5.92 Å². The number of likely N-dealkylation sites (tertiary alicyclic amines) is 3. The van der Waals surface area contributed by atoms with Gasteiger partial charge in [-0.05, 0) is 56.4 Å². The van der Waals surface area contributed by atoms with Crippen molar-refractivity contribution < 1.29 is 43.5 Å². The molecule has 0 unspecified atom stereocenters. The first-order valence-corrected chi connectivity index (χ1v) is 18.3. The highest BCUT2D eigenvalue weighted by molar-refractivity contribution is 5.97. The molecule has 7 amide bonds. The maximum absolute atomic E-state index is 13.9. The Morgan fingerprint density at radius 2 is 1.32 bits per heavy atom. The monoisotopic (exact) mass is 740 g/mol. The Labute approximate surface area is 308 Å². The second-order valence-electron chi connectivity index (χ2n) is 14.1. The summed E-state index contributed by atoms with van der Waals surface area (Å²) in [5, 5.41) is 17.2. The van der Waals surface area contributed by atoms with Gasteiger partial charge in [-0.15, -0.1) is 0 Å². The first-order chi connectivity index (χ1) is 25.2. The summed E-state index contributed by atoms with van der Waals surface area (Å²) >= 11 is 0. The van der Waals surface area contributed by atoms with Crippen LogP contribution in [-0.2, 0) is 44.8 Å². The zero-order valence-electron chi connectivity index (χ0n) is 30.3. The van der Waals surface area contributed by atoms with Crippen LogP contribution in [0.25, 0.3) is 0 Å². The van der Waals surface area contributed by atoms with E-state index < -0.39 is 84.1 Å². The fraction of sp³-hybridized carbons (Fsp3) is 0.611. The highest BCUT2D eigenvalue weighted by atomic mass is 16.4. The van der Waals surface area contributed by atoms with Crippen molar-refractivity contribution in [3.63, 3.8) is 0 Å². The molecule has 3 saturated heterocycles. The molecule has 1 aromatic carbocycles. The van der Waals surface area contributed by atoms with Gasteiger partial charge in [0.15, 0.2) is 0 Å². The fourth-order valence-electron chi connectivity index (χ4n) is 7.27. The molecule has 3 fully saturated rings. The molecule has 290 valence electrons. The van der Waals surface area contributed by atoms with Crippen molar-refractivity contribution in [3.05, 3.63) is 35.9 Å². The lowest BCUT2D eigenvalue weighted by Crippen LogP contribution is -2.59. The van der Waals surface area contributed by atoms with E-state index in [9.17, 15) is 43.5 Å². The summed E-state index contributed by atoms with van der Waals surface area (Å²) in [5.41, 5.74) is 12.3. The van der Waals surface area contributed by atoms with Crippen LogP contribution in [0.2, 0.25) is 0 Å². The van der Waals surface area contributed by atoms with Gasteiger partial charge in [-0.2, -0.15) is 0 Å². The van der Waals surface area contributed by atoms with Gasteiger partial charge in [0.2, 0.25) is 41.4 Å². The number of carbonyl (C=O) groups is 8. The van der Waals surface area contributed by atoms with Crippen LogP contribution >= 0.6 is 0 Å². The van der Waals surface area contributed by atoms with E-state index in [0.717, 1.165) is 5.56 Å². The summed E-state index contributed by atoms with van der Waals surface area (Å²) in [7, 11) is 0. The summed E-state index contributed by atoms with van der Waals surface area (Å²) in [6.45, 7) is 4.07. The number of hydrogen-bond acceptors (Lipinski definition) is 9. The average Bonchev–Trinajstić information content (AvgIpc) is 3.93. The quantitative estimate of drug-likeness (QED) is 0.116. The standard InChI is InChI=1S/C36H52N8O9/c1-3-21(2)30(35(51)44-17-9-14-27(44)32(48)40-24(36(52)53)19-28(38)45)41-33(49)26-13-7-15-42(26)29(46)20-39-31(47)25-12-8-16-43(25)34(50)23(37)18-22-10-5-4-6-11-22/h4-6,10-11,21,23-27,30H,3,7-9,12-20,37H2,1-2H3,(H2,38,45)(H,39,47)(H,40,48)(H,41,49)(H,52,53)/t21-,23-,24-,25-,26-,27-,30-/m0/s1. The van der Waals surface area contributed by atoms with Crippen molar-refractivity contribution in [1.29, 1.82) is 0 Å². The SMILES string of the molecule is CC[C@H](C)[C@H](NC(=O)[C@@H]1CCCN1C(=O)CNC(=O)[C@@H]1CCCN1C(=O)[C@@H](N)Cc1ccccc1)C(=O)N1CCC[C@H]1C(=O)N[C@@H](CC(N)=O)C(=O)O. The summed E-state index contributed by atoms with van der Waals surface area (Å²) in [5.74, 6) is -5.83. The Bertz CT molecular complexity index is 1540. The predicted octanol–water partition coefficient (Wildman–Crippen LogP) is -1.38. The van der Waals surface area contributed by atoms with E-state index in [1.165, 1.54) is 14.7 Å². The van der Waals surface area contributed by atoms with E-state index in [2.05, 4.69) is 16.0 Å². The van der Waals surface area contributed by atoms with Crippen LogP contribution in [0.3, 0.4) is 0 Å². The Hall–Kier alpha value is -5.06. The molecular weight excluding hydrogens is 688 g/mol. The number of benzene rings is 1. The number of rotatable bonds is 16. The number of carbonyl (C=O) groups excluding carboxylic acids is 7. The minimum absolute atomic E-state index is 0.198. The van der Waals surface area contributed by atoms with Crippen LogP contribution < -0.4 is 27.4 Å². The Balaban J connectivity index is 1.35. The van der Waals surface area contributed by atoms with Crippen molar-refractivity contribution in [3.8, 4) is 0 Å². The number of carboxylic acid groups (broad SMARTS) is 1. The number of amides is 7. The fourth-order valence-corrected chi connectivity index (χ4v) is 7.27. The van der Waals surface area contributed by atoms with E-state index in [-0.39, 0.29) is 37.9 Å². The third-order valence-corrected chi connectivity index (χ3v) is 10.4. The maximum atomic E-state index is 13.9. The molecule has 0 bridgehead atoms. The Kier molecular flexibility index (Phi) is 14.3. The largest absolute Gasteiger partial charge is 0.480 e. The molecule has 0 radical (unpaired) electrons. The van der Waals surface area contributed by atoms with E-state index >= 15 is 0 Å². The molecule has 3 aliphatic heterocycles. The van der Waals surface area contributed by atoms with Crippen LogP contribution in [-0.4, -0.2) is 130 Å². The molecule has 0 aromatic heterocycles. The highest BCUT2D eigenvalue weighted by Gasteiger charge is 2.43. The number of nitrogens with one attached hydrogen (secondary N) is 3. The smallest absolute Gasteiger partial charge is 0.326 e. The summed E-state index contributed by atoms with van der Waals surface area (Å²) < 4.78 is 0. The third-order valence-electron chi connectivity index (χ3n) is 10.4. The Morgan fingerprint density at radius 1 is 0.792 bits per heavy atom. The van der Waals surface area contributed by atoms with Gasteiger partial charge in [-0.25, -0.2) is 4.79 Å². The number of carboxylic acids is 1. The molecule has 17 heteroatoms. The maximum Gasteiger partial charge on any atom is 0.326 e. The molecule has 3 aliphatic rings. The minimum atomic E-state index is -1.55. The van der Waals surface area contributed by atoms with Gasteiger partial charge in [-0.1, -0.05) is 50.6 Å². The van der Waals surface area contributed by atoms with E-state index in [1.54, 1.807) is 6.92 Å². The van der Waals surface area contributed by atoms with Crippen LogP contribution in [0.1, 0.15) is 70.8 Å². The Morgan fingerprint density at radius 3 is 1.89 bits per heavy atom. The lowest BCUT2D eigenvalue weighted by molar-refractivity contribution is -0.146. The molecule has 0 saturated carbocycles. The topological polar surface area (TPSA) is 255 Å². The van der Waals surface area contributed by atoms with E-state index in [0.29, 0.717) is 51.5 Å². The van der Waals surface area contributed by atoms with E-state index in [1.807, 2.05) is 37.3 Å². The van der Waals surface area contributed by atoms with Crippen molar-refractivity contribution in [1.82, 2.24) is 30.7 Å². The average molecular weight is 741 g/mol. The molecule has 0 spiro atoms. The number of aliphatic carboxylic acids is 1. The van der Waals surface area contributed by atoms with Crippen molar-refractivity contribution in [2.75, 3.05) is 26.2 Å². The lowest BCUT2D eigenvalue weighted by Gasteiger charge is -2.33. The van der Waals surface area contributed by atoms with Gasteiger partial charge in [0.1, 0.15) is 30.2 Å². The molecule has 53 heavy (non-hydrogen) atoms. The molecule has 0 aliphatic carbocycles.